The van der Waals surface area contributed by atoms with Crippen LogP contribution in [0.3, 0.4) is 0 Å². The van der Waals surface area contributed by atoms with Gasteiger partial charge in [0.15, 0.2) is 0 Å². The first-order chi connectivity index (χ1) is 9.63. The number of carbonyl (C=O) groups excluding carboxylic acids is 1. The summed E-state index contributed by atoms with van der Waals surface area (Å²) in [5, 5.41) is 3.15. The highest BCUT2D eigenvalue weighted by Gasteiger charge is 2.34. The lowest BCUT2D eigenvalue weighted by Crippen LogP contribution is -2.37. The van der Waals surface area contributed by atoms with Crippen LogP contribution in [0.15, 0.2) is 18.3 Å². The van der Waals surface area contributed by atoms with Gasteiger partial charge >= 0.3 is 0 Å². The molecule has 0 spiro atoms. The van der Waals surface area contributed by atoms with E-state index in [4.69, 9.17) is 0 Å². The minimum Gasteiger partial charge on any atom is -0.363 e. The zero-order valence-corrected chi connectivity index (χ0v) is 12.2. The first kappa shape index (κ1) is 13.4. The topological polar surface area (TPSA) is 48.5 Å². The molecule has 3 rings (SSSR count). The molecule has 0 bridgehead atoms. The van der Waals surface area contributed by atoms with Crippen molar-refractivity contribution in [3.8, 4) is 0 Å². The van der Waals surface area contributed by atoms with Gasteiger partial charge in [-0.15, -0.1) is 0 Å². The summed E-state index contributed by atoms with van der Waals surface area (Å²) in [5.41, 5.74) is 0.688. The maximum Gasteiger partial charge on any atom is 0.251 e. The van der Waals surface area contributed by atoms with Crippen LogP contribution in [0.25, 0.3) is 0 Å². The molecule has 0 aromatic carbocycles. The van der Waals surface area contributed by atoms with E-state index in [1.807, 2.05) is 25.1 Å². The maximum absolute atomic E-state index is 12.3. The van der Waals surface area contributed by atoms with Crippen molar-refractivity contribution in [3.63, 3.8) is 0 Å². The van der Waals surface area contributed by atoms with Gasteiger partial charge in [0.05, 0.1) is 0 Å². The molecule has 20 heavy (non-hydrogen) atoms. The molecule has 1 aliphatic carbocycles. The lowest BCUT2D eigenvalue weighted by molar-refractivity contribution is 0.0937. The Labute approximate surface area is 120 Å². The minimum absolute atomic E-state index is 0.0122. The Bertz CT molecular complexity index is 498. The van der Waals surface area contributed by atoms with Gasteiger partial charge in [0.1, 0.15) is 5.82 Å². The van der Waals surface area contributed by atoms with Crippen molar-refractivity contribution < 1.29 is 4.79 Å². The summed E-state index contributed by atoms with van der Waals surface area (Å²) >= 11 is 0. The molecule has 2 heterocycles. The first-order valence-electron chi connectivity index (χ1n) is 7.32. The Morgan fingerprint density at radius 1 is 1.40 bits per heavy atom. The standard InChI is InChI=1S/C15H22N4O/c1-18(2)14-9-11(5-7-16-14)15(20)17-12-6-8-19(10-12)13-3-4-13/h5,7,9,12-13H,3-4,6,8,10H2,1-2H3,(H,17,20). The van der Waals surface area contributed by atoms with Crippen LogP contribution in [0.1, 0.15) is 29.6 Å². The molecule has 1 amide bonds. The van der Waals surface area contributed by atoms with Crippen molar-refractivity contribution in [2.24, 2.45) is 0 Å². The van der Waals surface area contributed by atoms with Gasteiger partial charge in [0.2, 0.25) is 0 Å². The second-order valence-corrected chi connectivity index (χ2v) is 5.98. The van der Waals surface area contributed by atoms with Crippen LogP contribution in [-0.4, -0.2) is 55.1 Å². The van der Waals surface area contributed by atoms with Crippen LogP contribution in [-0.2, 0) is 0 Å². The zero-order valence-electron chi connectivity index (χ0n) is 12.2. The van der Waals surface area contributed by atoms with E-state index in [9.17, 15) is 4.79 Å². The third-order valence-corrected chi connectivity index (χ3v) is 4.08. The van der Waals surface area contributed by atoms with Crippen molar-refractivity contribution in [1.82, 2.24) is 15.2 Å². The average molecular weight is 274 g/mol. The number of hydrogen-bond acceptors (Lipinski definition) is 4. The quantitative estimate of drug-likeness (QED) is 0.893. The Morgan fingerprint density at radius 3 is 2.90 bits per heavy atom. The second kappa shape index (κ2) is 5.40. The lowest BCUT2D eigenvalue weighted by Gasteiger charge is -2.16. The Morgan fingerprint density at radius 2 is 2.20 bits per heavy atom. The molecule has 2 fully saturated rings. The summed E-state index contributed by atoms with van der Waals surface area (Å²) in [4.78, 5) is 20.9. The van der Waals surface area contributed by atoms with Crippen molar-refractivity contribution in [1.29, 1.82) is 0 Å². The van der Waals surface area contributed by atoms with E-state index >= 15 is 0 Å². The fraction of sp³-hybridized carbons (Fsp3) is 0.600. The van der Waals surface area contributed by atoms with Crippen LogP contribution in [0.5, 0.6) is 0 Å². The molecule has 1 saturated heterocycles. The molecule has 5 heteroatoms. The number of nitrogens with zero attached hydrogens (tertiary/aromatic N) is 3. The fourth-order valence-electron chi connectivity index (χ4n) is 2.75. The SMILES string of the molecule is CN(C)c1cc(C(=O)NC2CCN(C3CC3)C2)ccn1. The number of carbonyl (C=O) groups is 1. The molecular weight excluding hydrogens is 252 g/mol. The van der Waals surface area contributed by atoms with E-state index in [0.29, 0.717) is 11.6 Å². The summed E-state index contributed by atoms with van der Waals surface area (Å²) in [5.74, 6) is 0.821. The van der Waals surface area contributed by atoms with E-state index < -0.39 is 0 Å². The van der Waals surface area contributed by atoms with Gasteiger partial charge in [-0.25, -0.2) is 4.98 Å². The number of amides is 1. The molecule has 5 nitrogen and oxygen atoms in total. The predicted molar refractivity (Wildman–Crippen MR) is 79.0 cm³/mol. The van der Waals surface area contributed by atoms with E-state index in [2.05, 4.69) is 15.2 Å². The van der Waals surface area contributed by atoms with Crippen LogP contribution >= 0.6 is 0 Å². The van der Waals surface area contributed by atoms with Gasteiger partial charge in [-0.2, -0.15) is 0 Å². The molecule has 1 saturated carbocycles. The van der Waals surface area contributed by atoms with Crippen molar-refractivity contribution >= 4 is 11.7 Å². The molecule has 1 N–H and O–H groups in total. The monoisotopic (exact) mass is 274 g/mol. The molecule has 1 aliphatic heterocycles. The molecule has 1 unspecified atom stereocenters. The largest absolute Gasteiger partial charge is 0.363 e. The first-order valence-corrected chi connectivity index (χ1v) is 7.32. The van der Waals surface area contributed by atoms with Gasteiger partial charge in [-0.1, -0.05) is 0 Å². The molecule has 1 atom stereocenters. The molecular formula is C15H22N4O. The maximum atomic E-state index is 12.3. The predicted octanol–water partition coefficient (Wildman–Crippen LogP) is 1.11. The number of likely N-dealkylation sites (tertiary alicyclic amines) is 1. The second-order valence-electron chi connectivity index (χ2n) is 5.98. The highest BCUT2D eigenvalue weighted by atomic mass is 16.1. The summed E-state index contributed by atoms with van der Waals surface area (Å²) < 4.78 is 0. The lowest BCUT2D eigenvalue weighted by atomic mass is 10.2. The van der Waals surface area contributed by atoms with Crippen LogP contribution in [0.4, 0.5) is 5.82 Å². The number of pyridine rings is 1. The molecule has 0 radical (unpaired) electrons. The Kier molecular flexibility index (Phi) is 3.61. The van der Waals surface area contributed by atoms with Crippen molar-refractivity contribution in [2.75, 3.05) is 32.1 Å². The van der Waals surface area contributed by atoms with Gasteiger partial charge in [0.25, 0.3) is 5.91 Å². The number of rotatable bonds is 4. The van der Waals surface area contributed by atoms with E-state index in [1.54, 1.807) is 12.3 Å². The van der Waals surface area contributed by atoms with Gasteiger partial charge in [-0.3, -0.25) is 9.69 Å². The van der Waals surface area contributed by atoms with Crippen LogP contribution in [0.2, 0.25) is 0 Å². The van der Waals surface area contributed by atoms with Gasteiger partial charge < -0.3 is 10.2 Å². The number of aromatic nitrogens is 1. The Balaban J connectivity index is 1.60. The van der Waals surface area contributed by atoms with Crippen molar-refractivity contribution in [2.45, 2.75) is 31.3 Å². The summed E-state index contributed by atoms with van der Waals surface area (Å²) in [6.07, 6.45) is 5.41. The Hall–Kier alpha value is -1.62. The van der Waals surface area contributed by atoms with E-state index in [1.165, 1.54) is 12.8 Å². The normalized spacial score (nSPS) is 22.8. The summed E-state index contributed by atoms with van der Waals surface area (Å²) in [7, 11) is 3.85. The van der Waals surface area contributed by atoms with E-state index in [-0.39, 0.29) is 5.91 Å². The highest BCUT2D eigenvalue weighted by molar-refractivity contribution is 5.95. The third-order valence-electron chi connectivity index (χ3n) is 4.08. The van der Waals surface area contributed by atoms with Crippen molar-refractivity contribution in [3.05, 3.63) is 23.9 Å². The number of anilines is 1. The van der Waals surface area contributed by atoms with Crippen LogP contribution in [0, 0.1) is 0 Å². The van der Waals surface area contributed by atoms with E-state index in [0.717, 1.165) is 31.4 Å². The van der Waals surface area contributed by atoms with Gasteiger partial charge in [-0.05, 0) is 31.4 Å². The smallest absolute Gasteiger partial charge is 0.251 e. The van der Waals surface area contributed by atoms with Gasteiger partial charge in [0, 0.05) is 51.0 Å². The fourth-order valence-corrected chi connectivity index (χ4v) is 2.75. The summed E-state index contributed by atoms with van der Waals surface area (Å²) in [6.45, 7) is 2.12. The molecule has 1 aromatic heterocycles. The third kappa shape index (κ3) is 2.93. The molecule has 1 aromatic rings. The molecule has 2 aliphatic rings. The zero-order chi connectivity index (χ0) is 14.1. The molecule has 108 valence electrons. The van der Waals surface area contributed by atoms with Crippen LogP contribution < -0.4 is 10.2 Å². The average Bonchev–Trinajstić information content (AvgIpc) is 3.20. The highest BCUT2D eigenvalue weighted by Crippen LogP contribution is 2.29. The minimum atomic E-state index is 0.0122. The summed E-state index contributed by atoms with van der Waals surface area (Å²) in [6, 6.07) is 4.69. The number of nitrogens with one attached hydrogen (secondary N) is 1. The number of hydrogen-bond donors (Lipinski definition) is 1.